The lowest BCUT2D eigenvalue weighted by Gasteiger charge is -2.10. The van der Waals surface area contributed by atoms with Crippen LogP contribution in [-0.4, -0.2) is 31.7 Å². The Balaban J connectivity index is 0.000000747. The Morgan fingerprint density at radius 1 is 1.05 bits per heavy atom. The Morgan fingerprint density at radius 2 is 1.78 bits per heavy atom. The van der Waals surface area contributed by atoms with Crippen molar-refractivity contribution in [2.45, 2.75) is 36.6 Å². The van der Waals surface area contributed by atoms with Gasteiger partial charge < -0.3 is 20.4 Å². The molecule has 7 nitrogen and oxygen atoms in total. The third-order valence-corrected chi connectivity index (χ3v) is 7.01. The predicted octanol–water partition coefficient (Wildman–Crippen LogP) is 5.69. The molecule has 8 heteroatoms. The summed E-state index contributed by atoms with van der Waals surface area (Å²) >= 11 is 1.71. The second-order valence-electron chi connectivity index (χ2n) is 8.59. The number of carboxylic acids is 1. The second kappa shape index (κ2) is 11.8. The molecule has 0 radical (unpaired) electrons. The Labute approximate surface area is 219 Å². The van der Waals surface area contributed by atoms with Crippen LogP contribution in [0.5, 0.6) is 0 Å². The molecule has 0 saturated heterocycles. The monoisotopic (exact) mass is 514 g/mol. The summed E-state index contributed by atoms with van der Waals surface area (Å²) in [7, 11) is 0. The van der Waals surface area contributed by atoms with Gasteiger partial charge in [0.05, 0.1) is 11.4 Å². The van der Waals surface area contributed by atoms with E-state index in [4.69, 9.17) is 15.6 Å². The quantitative estimate of drug-likeness (QED) is 0.259. The summed E-state index contributed by atoms with van der Waals surface area (Å²) in [5.74, 6) is -0.833. The van der Waals surface area contributed by atoms with Gasteiger partial charge in [-0.05, 0) is 55.8 Å². The Morgan fingerprint density at radius 3 is 2.54 bits per heavy atom. The molecule has 5 aromatic rings. The van der Waals surface area contributed by atoms with Crippen molar-refractivity contribution in [3.05, 3.63) is 101 Å². The van der Waals surface area contributed by atoms with Crippen LogP contribution in [0.4, 0.5) is 0 Å². The van der Waals surface area contributed by atoms with Crippen molar-refractivity contribution in [1.29, 1.82) is 0 Å². The average molecular weight is 515 g/mol. The van der Waals surface area contributed by atoms with Gasteiger partial charge in [-0.1, -0.05) is 54.2 Å². The van der Waals surface area contributed by atoms with Crippen LogP contribution in [0, 0.1) is 6.92 Å². The lowest BCUT2D eigenvalue weighted by molar-refractivity contribution is -0.134. The van der Waals surface area contributed by atoms with Crippen molar-refractivity contribution in [1.82, 2.24) is 14.1 Å². The van der Waals surface area contributed by atoms with E-state index < -0.39 is 5.97 Å². The van der Waals surface area contributed by atoms with E-state index in [1.165, 1.54) is 10.5 Å². The number of nitrogens with zero attached hydrogens (tertiary/aromatic N) is 2. The lowest BCUT2D eigenvalue weighted by atomic mass is 10.1. The first-order valence-corrected chi connectivity index (χ1v) is 12.8. The number of nitrogens with two attached hydrogens (primary N) is 1. The molecule has 2 aromatic heterocycles. The molecule has 4 N–H and O–H groups in total. The Bertz CT molecular complexity index is 1580. The number of carbonyl (C=O) groups is 1. The van der Waals surface area contributed by atoms with Gasteiger partial charge in [-0.15, -0.1) is 0 Å². The van der Waals surface area contributed by atoms with Crippen molar-refractivity contribution < 1.29 is 9.90 Å². The van der Waals surface area contributed by atoms with Crippen LogP contribution in [0.1, 0.15) is 18.9 Å². The topological polar surface area (TPSA) is 106 Å². The average Bonchev–Trinajstić information content (AvgIpc) is 3.44. The maximum absolute atomic E-state index is 12.9. The molecule has 5 rings (SSSR count). The highest BCUT2D eigenvalue weighted by atomic mass is 32.2. The van der Waals surface area contributed by atoms with E-state index in [9.17, 15) is 4.79 Å². The minimum absolute atomic E-state index is 0.151. The molecule has 190 valence electrons. The fourth-order valence-electron chi connectivity index (χ4n) is 4.20. The van der Waals surface area contributed by atoms with Gasteiger partial charge >= 0.3 is 5.69 Å². The normalized spacial score (nSPS) is 10.8. The number of aromatic nitrogens is 3. The summed E-state index contributed by atoms with van der Waals surface area (Å²) in [4.78, 5) is 27.1. The van der Waals surface area contributed by atoms with Crippen LogP contribution in [0.25, 0.3) is 27.8 Å². The third-order valence-electron chi connectivity index (χ3n) is 5.84. The van der Waals surface area contributed by atoms with Crippen molar-refractivity contribution in [2.75, 3.05) is 6.54 Å². The first-order chi connectivity index (χ1) is 17.9. The van der Waals surface area contributed by atoms with Gasteiger partial charge in [0.15, 0.2) is 0 Å². The number of nitrogens with one attached hydrogen (secondary N) is 1. The third kappa shape index (κ3) is 6.04. The van der Waals surface area contributed by atoms with Crippen LogP contribution in [0.2, 0.25) is 0 Å². The maximum atomic E-state index is 12.9. The van der Waals surface area contributed by atoms with E-state index in [1.54, 1.807) is 22.5 Å². The number of benzene rings is 3. The summed E-state index contributed by atoms with van der Waals surface area (Å²) in [5.41, 5.74) is 10.7. The zero-order valence-corrected chi connectivity index (χ0v) is 21.7. The molecule has 2 heterocycles. The number of fused-ring (bicyclic) bond motifs is 1. The molecule has 0 aliphatic heterocycles. The number of carboxylic acid groups (broad SMARTS) is 1. The van der Waals surface area contributed by atoms with Gasteiger partial charge in [-0.2, -0.15) is 0 Å². The summed E-state index contributed by atoms with van der Waals surface area (Å²) < 4.78 is 3.99. The number of imidazole rings is 1. The Hall–Kier alpha value is -4.01. The number of hydrogen-bond acceptors (Lipinski definition) is 4. The van der Waals surface area contributed by atoms with Gasteiger partial charge in [0.2, 0.25) is 0 Å². The molecule has 3 aromatic carbocycles. The van der Waals surface area contributed by atoms with Gasteiger partial charge in [0, 0.05) is 52.1 Å². The number of H-pyrrole nitrogens is 1. The number of para-hydroxylation sites is 1. The van der Waals surface area contributed by atoms with Crippen LogP contribution in [-0.2, 0) is 11.3 Å². The summed E-state index contributed by atoms with van der Waals surface area (Å²) in [6.45, 7) is 4.68. The van der Waals surface area contributed by atoms with E-state index in [-0.39, 0.29) is 5.69 Å². The minimum Gasteiger partial charge on any atom is -0.481 e. The largest absolute Gasteiger partial charge is 0.481 e. The molecule has 0 fully saturated rings. The number of hydrogen-bond donors (Lipinski definition) is 3. The van der Waals surface area contributed by atoms with Gasteiger partial charge in [-0.3, -0.25) is 9.36 Å². The fourth-order valence-corrected chi connectivity index (χ4v) is 5.16. The van der Waals surface area contributed by atoms with Crippen molar-refractivity contribution >= 4 is 28.6 Å². The van der Waals surface area contributed by atoms with Crippen molar-refractivity contribution in [2.24, 2.45) is 5.73 Å². The van der Waals surface area contributed by atoms with Gasteiger partial charge in [0.1, 0.15) is 0 Å². The standard InChI is InChI=1S/C27H26N4OS.C2H4O2/c1-19-8-2-5-13-26(19)33-21-10-6-9-20(16-21)31-25(17-29-27(31)32)23-18-30(15-7-14-28)24-12-4-3-11-22(23)24;1-2(3)4/h2-6,8-13,16-18H,7,14-15,28H2,1H3,(H,29,32);1H3,(H,3,4). The van der Waals surface area contributed by atoms with Gasteiger partial charge in [-0.25, -0.2) is 4.79 Å². The lowest BCUT2D eigenvalue weighted by Crippen LogP contribution is -2.15. The molecule has 0 saturated carbocycles. The van der Waals surface area contributed by atoms with E-state index in [1.807, 2.05) is 36.4 Å². The van der Waals surface area contributed by atoms with Crippen LogP contribution in [0.3, 0.4) is 0 Å². The van der Waals surface area contributed by atoms with Crippen LogP contribution >= 0.6 is 11.8 Å². The summed E-state index contributed by atoms with van der Waals surface area (Å²) in [6.07, 6.45) is 4.83. The van der Waals surface area contributed by atoms with Gasteiger partial charge in [0.25, 0.3) is 5.97 Å². The maximum Gasteiger partial charge on any atom is 0.330 e. The second-order valence-corrected chi connectivity index (χ2v) is 9.71. The first-order valence-electron chi connectivity index (χ1n) is 12.0. The Kier molecular flexibility index (Phi) is 8.32. The van der Waals surface area contributed by atoms with Crippen molar-refractivity contribution in [3.63, 3.8) is 0 Å². The highest BCUT2D eigenvalue weighted by Crippen LogP contribution is 2.34. The molecule has 0 aliphatic rings. The summed E-state index contributed by atoms with van der Waals surface area (Å²) in [6, 6.07) is 24.8. The first kappa shape index (κ1) is 26.1. The summed E-state index contributed by atoms with van der Waals surface area (Å²) in [5, 5.41) is 8.53. The number of aromatic amines is 1. The fraction of sp³-hybridized carbons (Fsp3) is 0.172. The number of aliphatic carboxylic acids is 1. The van der Waals surface area contributed by atoms with Crippen LogP contribution < -0.4 is 11.4 Å². The molecule has 0 atom stereocenters. The van der Waals surface area contributed by atoms with Crippen LogP contribution in [0.15, 0.2) is 99.8 Å². The number of aryl methyl sites for hydroxylation is 2. The molecular weight excluding hydrogens is 484 g/mol. The minimum atomic E-state index is -0.833. The van der Waals surface area contributed by atoms with E-state index in [0.29, 0.717) is 6.54 Å². The zero-order chi connectivity index (χ0) is 26.4. The van der Waals surface area contributed by atoms with E-state index >= 15 is 0 Å². The SMILES string of the molecule is CC(=O)O.Cc1ccccc1Sc1cccc(-n2c(-c3cn(CCCN)c4ccccc34)c[nH]c2=O)c1. The number of rotatable bonds is 7. The zero-order valence-electron chi connectivity index (χ0n) is 20.8. The van der Waals surface area contributed by atoms with E-state index in [2.05, 4.69) is 59.1 Å². The molecule has 0 spiro atoms. The molecular formula is C29H30N4O3S. The smallest absolute Gasteiger partial charge is 0.330 e. The van der Waals surface area contributed by atoms with Crippen molar-refractivity contribution in [3.8, 4) is 16.9 Å². The molecule has 0 unspecified atom stereocenters. The molecule has 0 amide bonds. The molecule has 37 heavy (non-hydrogen) atoms. The molecule has 0 bridgehead atoms. The highest BCUT2D eigenvalue weighted by Gasteiger charge is 2.17. The highest BCUT2D eigenvalue weighted by molar-refractivity contribution is 7.99. The molecule has 0 aliphatic carbocycles. The van der Waals surface area contributed by atoms with E-state index in [0.717, 1.165) is 52.6 Å². The predicted molar refractivity (Wildman–Crippen MR) is 150 cm³/mol.